The summed E-state index contributed by atoms with van der Waals surface area (Å²) >= 11 is 0. The van der Waals surface area contributed by atoms with E-state index in [1.54, 1.807) is 0 Å². The van der Waals surface area contributed by atoms with Crippen LogP contribution in [-0.4, -0.2) is 23.2 Å². The minimum atomic E-state index is -4.96. The fraction of sp³-hybridized carbons (Fsp3) is 0.400. The van der Waals surface area contributed by atoms with E-state index in [1.165, 1.54) is 0 Å². The van der Waals surface area contributed by atoms with Gasteiger partial charge in [-0.05, 0) is 6.07 Å². The molecule has 0 aromatic carbocycles. The number of pyridine rings is 1. The van der Waals surface area contributed by atoms with Crippen LogP contribution in [0.2, 0.25) is 0 Å². The Morgan fingerprint density at radius 2 is 2.05 bits per heavy atom. The number of ether oxygens (including phenoxy) is 1. The summed E-state index contributed by atoms with van der Waals surface area (Å²) in [4.78, 5) is 13.3. The van der Waals surface area contributed by atoms with Crippen molar-refractivity contribution in [2.75, 3.05) is 7.11 Å². The molecule has 1 heterocycles. The molecule has 0 aliphatic carbocycles. The molecule has 4 nitrogen and oxygen atoms in total. The minimum absolute atomic E-state index is 0.388. The number of alkyl halides is 5. The van der Waals surface area contributed by atoms with Crippen LogP contribution >= 0.6 is 0 Å². The molecule has 1 aromatic heterocycles. The predicted octanol–water partition coefficient (Wildman–Crippen LogP) is 2.67. The first kappa shape index (κ1) is 15.1. The molecular formula is C10H8F5NO3. The van der Waals surface area contributed by atoms with Crippen molar-refractivity contribution >= 4 is 5.97 Å². The molecule has 1 rings (SSSR count). The van der Waals surface area contributed by atoms with Gasteiger partial charge in [0.1, 0.15) is 17.1 Å². The van der Waals surface area contributed by atoms with Gasteiger partial charge in [0.2, 0.25) is 0 Å². The van der Waals surface area contributed by atoms with E-state index in [4.69, 9.17) is 5.11 Å². The van der Waals surface area contributed by atoms with E-state index >= 15 is 0 Å². The number of rotatable bonds is 4. The minimum Gasteiger partial charge on any atom is -0.494 e. The number of hydrogen-bond acceptors (Lipinski definition) is 3. The largest absolute Gasteiger partial charge is 0.494 e. The Kier molecular flexibility index (Phi) is 4.28. The molecule has 19 heavy (non-hydrogen) atoms. The second-order valence-corrected chi connectivity index (χ2v) is 3.45. The van der Waals surface area contributed by atoms with Crippen molar-refractivity contribution in [3.8, 4) is 5.75 Å². The predicted molar refractivity (Wildman–Crippen MR) is 52.1 cm³/mol. The highest BCUT2D eigenvalue weighted by Gasteiger charge is 2.36. The van der Waals surface area contributed by atoms with Crippen molar-refractivity contribution in [3.63, 3.8) is 0 Å². The third kappa shape index (κ3) is 3.52. The SMILES string of the molecule is COc1c(CC(=O)O)cc(C(F)(F)F)nc1C(F)F. The van der Waals surface area contributed by atoms with E-state index in [9.17, 15) is 26.7 Å². The molecule has 0 amide bonds. The van der Waals surface area contributed by atoms with E-state index in [0.717, 1.165) is 7.11 Å². The van der Waals surface area contributed by atoms with Crippen molar-refractivity contribution in [1.29, 1.82) is 0 Å². The maximum absolute atomic E-state index is 12.6. The topological polar surface area (TPSA) is 59.4 Å². The molecule has 1 aromatic rings. The summed E-state index contributed by atoms with van der Waals surface area (Å²) in [5.41, 5.74) is -3.32. The average molecular weight is 285 g/mol. The summed E-state index contributed by atoms with van der Waals surface area (Å²) in [6.07, 6.45) is -9.15. The number of carboxylic acid groups (broad SMARTS) is 1. The van der Waals surface area contributed by atoms with Crippen LogP contribution < -0.4 is 4.74 Å². The van der Waals surface area contributed by atoms with Gasteiger partial charge in [-0.3, -0.25) is 4.79 Å². The number of carboxylic acids is 1. The van der Waals surface area contributed by atoms with Crippen molar-refractivity contribution < 1.29 is 36.6 Å². The zero-order chi connectivity index (χ0) is 14.8. The van der Waals surface area contributed by atoms with E-state index in [1.807, 2.05) is 0 Å². The highest BCUT2D eigenvalue weighted by Crippen LogP contribution is 2.36. The lowest BCUT2D eigenvalue weighted by molar-refractivity contribution is -0.142. The Balaban J connectivity index is 3.49. The number of hydrogen-bond donors (Lipinski definition) is 1. The quantitative estimate of drug-likeness (QED) is 0.864. The molecule has 0 aliphatic heterocycles. The Morgan fingerprint density at radius 1 is 1.47 bits per heavy atom. The first-order valence-electron chi connectivity index (χ1n) is 4.81. The van der Waals surface area contributed by atoms with Gasteiger partial charge in [-0.25, -0.2) is 13.8 Å². The van der Waals surface area contributed by atoms with Gasteiger partial charge in [-0.1, -0.05) is 0 Å². The van der Waals surface area contributed by atoms with Crippen molar-refractivity contribution in [2.45, 2.75) is 19.0 Å². The zero-order valence-electron chi connectivity index (χ0n) is 9.46. The van der Waals surface area contributed by atoms with Crippen LogP contribution in [0.5, 0.6) is 5.75 Å². The van der Waals surface area contributed by atoms with Crippen molar-refractivity contribution in [3.05, 3.63) is 23.0 Å². The van der Waals surface area contributed by atoms with Crippen LogP contribution in [0.15, 0.2) is 6.07 Å². The molecule has 106 valence electrons. The van der Waals surface area contributed by atoms with Gasteiger partial charge < -0.3 is 9.84 Å². The van der Waals surface area contributed by atoms with Crippen LogP contribution in [-0.2, 0) is 17.4 Å². The number of nitrogens with zero attached hydrogens (tertiary/aromatic N) is 1. The first-order chi connectivity index (χ1) is 8.66. The molecule has 9 heteroatoms. The van der Waals surface area contributed by atoms with Gasteiger partial charge in [0.15, 0.2) is 0 Å². The van der Waals surface area contributed by atoms with E-state index in [0.29, 0.717) is 6.07 Å². The van der Waals surface area contributed by atoms with Crippen LogP contribution in [0, 0.1) is 0 Å². The fourth-order valence-corrected chi connectivity index (χ4v) is 1.43. The molecule has 0 atom stereocenters. The van der Waals surface area contributed by atoms with Crippen LogP contribution in [0.25, 0.3) is 0 Å². The standard InChI is InChI=1S/C10H8F5NO3/c1-19-8-4(3-6(17)18)2-5(10(13,14)15)16-7(8)9(11)12/h2,9H,3H2,1H3,(H,17,18). The molecule has 1 N–H and O–H groups in total. The maximum atomic E-state index is 12.6. The Morgan fingerprint density at radius 3 is 2.42 bits per heavy atom. The van der Waals surface area contributed by atoms with Gasteiger partial charge >= 0.3 is 12.1 Å². The number of aromatic nitrogens is 1. The van der Waals surface area contributed by atoms with E-state index in [2.05, 4.69) is 9.72 Å². The Hall–Kier alpha value is -1.93. The summed E-state index contributed by atoms with van der Waals surface area (Å²) in [7, 11) is 0.946. The van der Waals surface area contributed by atoms with E-state index < -0.39 is 47.7 Å². The summed E-state index contributed by atoms with van der Waals surface area (Å²) < 4.78 is 67.3. The first-order valence-corrected chi connectivity index (χ1v) is 4.81. The lowest BCUT2D eigenvalue weighted by atomic mass is 10.1. The lowest BCUT2D eigenvalue weighted by Gasteiger charge is -2.15. The molecule has 0 aliphatic rings. The Bertz CT molecular complexity index is 487. The zero-order valence-corrected chi connectivity index (χ0v) is 9.46. The van der Waals surface area contributed by atoms with Crippen LogP contribution in [0.4, 0.5) is 22.0 Å². The second-order valence-electron chi connectivity index (χ2n) is 3.45. The van der Waals surface area contributed by atoms with Gasteiger partial charge in [-0.15, -0.1) is 0 Å². The highest BCUT2D eigenvalue weighted by molar-refractivity contribution is 5.71. The summed E-state index contributed by atoms with van der Waals surface area (Å²) in [5.74, 6) is -2.12. The average Bonchev–Trinajstić information content (AvgIpc) is 2.25. The maximum Gasteiger partial charge on any atom is 0.433 e. The molecule has 0 bridgehead atoms. The molecule has 0 saturated heterocycles. The molecular weight excluding hydrogens is 277 g/mol. The second kappa shape index (κ2) is 5.37. The Labute approximate surface area is 103 Å². The number of halogens is 5. The monoisotopic (exact) mass is 285 g/mol. The number of aliphatic carboxylic acids is 1. The van der Waals surface area contributed by atoms with Crippen molar-refractivity contribution in [2.24, 2.45) is 0 Å². The van der Waals surface area contributed by atoms with Gasteiger partial charge in [0.25, 0.3) is 6.43 Å². The smallest absolute Gasteiger partial charge is 0.433 e. The molecule has 0 saturated carbocycles. The number of methoxy groups -OCH3 is 1. The molecule has 0 spiro atoms. The third-order valence-electron chi connectivity index (χ3n) is 2.12. The summed E-state index contributed by atoms with van der Waals surface area (Å²) in [6, 6.07) is 0.388. The molecule has 0 unspecified atom stereocenters. The van der Waals surface area contributed by atoms with Gasteiger partial charge in [0.05, 0.1) is 13.5 Å². The normalized spacial score (nSPS) is 11.7. The van der Waals surface area contributed by atoms with Crippen LogP contribution in [0.3, 0.4) is 0 Å². The van der Waals surface area contributed by atoms with Gasteiger partial charge in [-0.2, -0.15) is 13.2 Å². The fourth-order valence-electron chi connectivity index (χ4n) is 1.43. The summed E-state index contributed by atoms with van der Waals surface area (Å²) in [5, 5.41) is 8.57. The lowest BCUT2D eigenvalue weighted by Crippen LogP contribution is -2.14. The van der Waals surface area contributed by atoms with Crippen molar-refractivity contribution in [1.82, 2.24) is 4.98 Å². The third-order valence-corrected chi connectivity index (χ3v) is 2.12. The number of carbonyl (C=O) groups is 1. The van der Waals surface area contributed by atoms with Gasteiger partial charge in [0, 0.05) is 5.56 Å². The molecule has 0 fully saturated rings. The van der Waals surface area contributed by atoms with Crippen LogP contribution in [0.1, 0.15) is 23.4 Å². The summed E-state index contributed by atoms with van der Waals surface area (Å²) in [6.45, 7) is 0. The van der Waals surface area contributed by atoms with E-state index in [-0.39, 0.29) is 0 Å². The molecule has 0 radical (unpaired) electrons. The highest BCUT2D eigenvalue weighted by atomic mass is 19.4.